The van der Waals surface area contributed by atoms with Gasteiger partial charge in [-0.1, -0.05) is 36.4 Å². The van der Waals surface area contributed by atoms with Crippen molar-refractivity contribution in [1.29, 1.82) is 0 Å². The van der Waals surface area contributed by atoms with Crippen molar-refractivity contribution in [2.75, 3.05) is 45.9 Å². The zero-order valence-electron chi connectivity index (χ0n) is 19.5. The molecule has 33 heavy (non-hydrogen) atoms. The van der Waals surface area contributed by atoms with Crippen LogP contribution in [0.5, 0.6) is 0 Å². The van der Waals surface area contributed by atoms with Crippen molar-refractivity contribution in [2.45, 2.75) is 32.2 Å². The van der Waals surface area contributed by atoms with Crippen LogP contribution in [0.25, 0.3) is 5.57 Å². The van der Waals surface area contributed by atoms with E-state index in [2.05, 4.69) is 69.1 Å². The molecule has 6 heteroatoms. The van der Waals surface area contributed by atoms with Crippen LogP contribution in [-0.4, -0.2) is 63.1 Å². The van der Waals surface area contributed by atoms with Gasteiger partial charge in [0.15, 0.2) is 0 Å². The summed E-state index contributed by atoms with van der Waals surface area (Å²) in [4.78, 5) is 19.0. The van der Waals surface area contributed by atoms with Gasteiger partial charge in [0.05, 0.1) is 13.2 Å². The molecular weight excluding hydrogens is 412 g/mol. The Hall–Kier alpha value is -2.70. The SMILES string of the molecule is O=C(NCCN1CCOCC1)NCc1cccc(C2=CCC3CCN=CC=CC3=CCC2)c1. The lowest BCUT2D eigenvalue weighted by molar-refractivity contribution is 0.0387. The van der Waals surface area contributed by atoms with Crippen molar-refractivity contribution in [3.63, 3.8) is 0 Å². The number of amides is 2. The third-order valence-electron chi connectivity index (χ3n) is 6.57. The van der Waals surface area contributed by atoms with E-state index in [1.807, 2.05) is 6.21 Å². The van der Waals surface area contributed by atoms with Gasteiger partial charge in [-0.05, 0) is 66.0 Å². The lowest BCUT2D eigenvalue weighted by atomic mass is 9.85. The maximum absolute atomic E-state index is 12.2. The molecule has 4 rings (SSSR count). The molecule has 2 heterocycles. The van der Waals surface area contributed by atoms with Gasteiger partial charge in [-0.25, -0.2) is 4.79 Å². The molecule has 2 aliphatic heterocycles. The minimum absolute atomic E-state index is 0.114. The van der Waals surface area contributed by atoms with Crippen LogP contribution in [0, 0.1) is 5.92 Å². The number of carbonyl (C=O) groups excluding carboxylic acids is 1. The molecule has 3 aliphatic rings. The number of allylic oxidation sites excluding steroid dienone is 6. The van der Waals surface area contributed by atoms with E-state index in [4.69, 9.17) is 4.74 Å². The predicted octanol–water partition coefficient (Wildman–Crippen LogP) is 3.96. The maximum atomic E-state index is 12.2. The van der Waals surface area contributed by atoms with Crippen LogP contribution in [0.1, 0.15) is 36.8 Å². The molecule has 1 aromatic carbocycles. The second kappa shape index (κ2) is 12.5. The minimum Gasteiger partial charge on any atom is -0.379 e. The molecule has 176 valence electrons. The molecular formula is C27H36N4O2. The Kier molecular flexibility index (Phi) is 8.90. The van der Waals surface area contributed by atoms with Gasteiger partial charge in [-0.2, -0.15) is 0 Å². The summed E-state index contributed by atoms with van der Waals surface area (Å²) < 4.78 is 5.36. The second-order valence-corrected chi connectivity index (χ2v) is 8.87. The Morgan fingerprint density at radius 3 is 3.00 bits per heavy atom. The Morgan fingerprint density at radius 2 is 2.09 bits per heavy atom. The number of nitrogens with one attached hydrogen (secondary N) is 2. The molecule has 1 saturated heterocycles. The number of hydrogen-bond acceptors (Lipinski definition) is 4. The smallest absolute Gasteiger partial charge is 0.315 e. The summed E-state index contributed by atoms with van der Waals surface area (Å²) in [5.41, 5.74) is 5.24. The van der Waals surface area contributed by atoms with Crippen LogP contribution in [0.4, 0.5) is 4.79 Å². The molecule has 2 amide bonds. The first-order valence-electron chi connectivity index (χ1n) is 12.2. The maximum Gasteiger partial charge on any atom is 0.315 e. The molecule has 0 aromatic heterocycles. The summed E-state index contributed by atoms with van der Waals surface area (Å²) in [6, 6.07) is 8.46. The summed E-state index contributed by atoms with van der Waals surface area (Å²) in [6.45, 7) is 6.37. The van der Waals surface area contributed by atoms with E-state index < -0.39 is 0 Å². The third kappa shape index (κ3) is 7.41. The number of benzene rings is 1. The number of fused-ring (bicyclic) bond motifs is 1. The molecule has 6 nitrogen and oxygen atoms in total. The van der Waals surface area contributed by atoms with Crippen molar-refractivity contribution >= 4 is 17.8 Å². The number of ether oxygens (including phenoxy) is 1. The molecule has 1 aromatic rings. The van der Waals surface area contributed by atoms with Crippen LogP contribution >= 0.6 is 0 Å². The van der Waals surface area contributed by atoms with Crippen molar-refractivity contribution in [1.82, 2.24) is 15.5 Å². The quantitative estimate of drug-likeness (QED) is 0.692. The average Bonchev–Trinajstić information content (AvgIpc) is 2.82. The number of nitrogens with zero attached hydrogens (tertiary/aromatic N) is 2. The van der Waals surface area contributed by atoms with Crippen LogP contribution in [-0.2, 0) is 11.3 Å². The Morgan fingerprint density at radius 1 is 1.18 bits per heavy atom. The fourth-order valence-electron chi connectivity index (χ4n) is 4.63. The van der Waals surface area contributed by atoms with Crippen LogP contribution < -0.4 is 10.6 Å². The number of hydrogen-bond donors (Lipinski definition) is 2. The summed E-state index contributed by atoms with van der Waals surface area (Å²) >= 11 is 0. The van der Waals surface area contributed by atoms with Gasteiger partial charge in [0.25, 0.3) is 0 Å². The molecule has 0 radical (unpaired) electrons. The van der Waals surface area contributed by atoms with Crippen molar-refractivity contribution < 1.29 is 9.53 Å². The zero-order chi connectivity index (χ0) is 22.7. The number of urea groups is 1. The Labute approximate surface area is 197 Å². The van der Waals surface area contributed by atoms with Gasteiger partial charge in [-0.3, -0.25) is 9.89 Å². The van der Waals surface area contributed by atoms with Crippen LogP contribution in [0.15, 0.2) is 59.1 Å². The summed E-state index contributed by atoms with van der Waals surface area (Å²) in [5.74, 6) is 0.542. The second-order valence-electron chi connectivity index (χ2n) is 8.87. The highest BCUT2D eigenvalue weighted by Crippen LogP contribution is 2.31. The van der Waals surface area contributed by atoms with E-state index >= 15 is 0 Å². The van der Waals surface area contributed by atoms with Gasteiger partial charge in [0, 0.05) is 45.5 Å². The number of aliphatic imine (C=N–C) groups is 1. The summed E-state index contributed by atoms with van der Waals surface area (Å²) in [6.07, 6.45) is 15.3. The lowest BCUT2D eigenvalue weighted by Gasteiger charge is -2.26. The van der Waals surface area contributed by atoms with E-state index in [1.165, 1.54) is 16.7 Å². The van der Waals surface area contributed by atoms with Crippen LogP contribution in [0.3, 0.4) is 0 Å². The van der Waals surface area contributed by atoms with Crippen molar-refractivity contribution in [3.05, 3.63) is 65.3 Å². The number of morpholine rings is 1. The molecule has 0 bridgehead atoms. The molecule has 1 aliphatic carbocycles. The first kappa shape index (κ1) is 23.5. The van der Waals surface area contributed by atoms with Gasteiger partial charge in [-0.15, -0.1) is 0 Å². The Balaban J connectivity index is 1.28. The predicted molar refractivity (Wildman–Crippen MR) is 134 cm³/mol. The molecule has 1 fully saturated rings. The largest absolute Gasteiger partial charge is 0.379 e. The highest BCUT2D eigenvalue weighted by molar-refractivity contribution is 5.74. The molecule has 1 atom stereocenters. The monoisotopic (exact) mass is 448 g/mol. The van der Waals surface area contributed by atoms with Crippen LogP contribution in [0.2, 0.25) is 0 Å². The van der Waals surface area contributed by atoms with Gasteiger partial charge >= 0.3 is 6.03 Å². The van der Waals surface area contributed by atoms with Gasteiger partial charge in [0.2, 0.25) is 0 Å². The highest BCUT2D eigenvalue weighted by Gasteiger charge is 2.15. The molecule has 2 N–H and O–H groups in total. The summed E-state index contributed by atoms with van der Waals surface area (Å²) in [7, 11) is 0. The van der Waals surface area contributed by atoms with E-state index in [9.17, 15) is 4.79 Å². The third-order valence-corrected chi connectivity index (χ3v) is 6.57. The fourth-order valence-corrected chi connectivity index (χ4v) is 4.63. The number of rotatable bonds is 6. The lowest BCUT2D eigenvalue weighted by Crippen LogP contribution is -2.43. The van der Waals surface area contributed by atoms with E-state index in [-0.39, 0.29) is 6.03 Å². The minimum atomic E-state index is -0.114. The van der Waals surface area contributed by atoms with Crippen molar-refractivity contribution in [2.24, 2.45) is 10.9 Å². The van der Waals surface area contributed by atoms with E-state index in [1.54, 1.807) is 0 Å². The first-order chi connectivity index (χ1) is 16.3. The van der Waals surface area contributed by atoms with E-state index in [0.717, 1.165) is 70.6 Å². The molecule has 1 unspecified atom stereocenters. The highest BCUT2D eigenvalue weighted by atomic mass is 16.5. The molecule has 0 spiro atoms. The van der Waals surface area contributed by atoms with E-state index in [0.29, 0.717) is 19.0 Å². The average molecular weight is 449 g/mol. The normalized spacial score (nSPS) is 21.5. The topological polar surface area (TPSA) is 66.0 Å². The van der Waals surface area contributed by atoms with Crippen molar-refractivity contribution in [3.8, 4) is 0 Å². The van der Waals surface area contributed by atoms with Gasteiger partial charge in [0.1, 0.15) is 0 Å². The standard InChI is InChI=1S/C27H36N4O2/c32-27(29-14-15-31-16-18-33-19-17-31)30-21-22-4-1-7-26(20-22)24-6-2-5-23-8-3-12-28-13-11-25(23)10-9-24/h1,3-5,7-9,12,20,25H,2,6,10-11,13-19,21H2,(H2,29,30,32). The first-order valence-corrected chi connectivity index (χ1v) is 12.2. The molecule has 0 saturated carbocycles. The zero-order valence-corrected chi connectivity index (χ0v) is 19.5. The fraction of sp³-hybridized carbons (Fsp3) is 0.481. The summed E-state index contributed by atoms with van der Waals surface area (Å²) in [5, 5.41) is 5.96. The number of carbonyl (C=O) groups is 1. The van der Waals surface area contributed by atoms with Gasteiger partial charge < -0.3 is 15.4 Å². The Bertz CT molecular complexity index is 912.